The van der Waals surface area contributed by atoms with Crippen LogP contribution in [-0.2, 0) is 4.79 Å². The van der Waals surface area contributed by atoms with E-state index in [1.165, 1.54) is 0 Å². The third-order valence-corrected chi connectivity index (χ3v) is 6.67. The van der Waals surface area contributed by atoms with E-state index in [1.54, 1.807) is 29.2 Å². The van der Waals surface area contributed by atoms with Crippen molar-refractivity contribution in [1.29, 1.82) is 0 Å². The van der Waals surface area contributed by atoms with Crippen molar-refractivity contribution in [2.45, 2.75) is 25.3 Å². The maximum atomic E-state index is 13.9. The molecule has 4 nitrogen and oxygen atoms in total. The minimum Gasteiger partial charge on any atom is -0.357 e. The van der Waals surface area contributed by atoms with Gasteiger partial charge in [0.05, 0.1) is 27.5 Å². The number of benzene rings is 3. The van der Waals surface area contributed by atoms with Crippen molar-refractivity contribution in [3.63, 3.8) is 0 Å². The number of nitrogens with one attached hydrogen (secondary N) is 1. The van der Waals surface area contributed by atoms with Crippen molar-refractivity contribution < 1.29 is 9.59 Å². The van der Waals surface area contributed by atoms with Gasteiger partial charge in [-0.25, -0.2) is 0 Å². The molecule has 160 valence electrons. The molecule has 1 atom stereocenters. The van der Waals surface area contributed by atoms with Gasteiger partial charge in [-0.05, 0) is 54.8 Å². The summed E-state index contributed by atoms with van der Waals surface area (Å²) in [5, 5.41) is 4.27. The number of fused-ring (bicyclic) bond motifs is 1. The van der Waals surface area contributed by atoms with Gasteiger partial charge < -0.3 is 5.32 Å². The summed E-state index contributed by atoms with van der Waals surface area (Å²) in [6.07, 6.45) is 1.95. The first-order chi connectivity index (χ1) is 15.5. The largest absolute Gasteiger partial charge is 0.357 e. The van der Waals surface area contributed by atoms with Gasteiger partial charge in [0.1, 0.15) is 0 Å². The van der Waals surface area contributed by atoms with E-state index in [4.69, 9.17) is 23.2 Å². The van der Waals surface area contributed by atoms with Gasteiger partial charge in [0.15, 0.2) is 5.78 Å². The van der Waals surface area contributed by atoms with E-state index in [9.17, 15) is 9.59 Å². The first kappa shape index (κ1) is 20.8. The molecule has 0 fully saturated rings. The zero-order chi connectivity index (χ0) is 22.2. The van der Waals surface area contributed by atoms with Gasteiger partial charge in [0.25, 0.3) is 5.91 Å². The summed E-state index contributed by atoms with van der Waals surface area (Å²) in [7, 11) is 0. The molecule has 0 saturated heterocycles. The highest BCUT2D eigenvalue weighted by Gasteiger charge is 2.39. The lowest BCUT2D eigenvalue weighted by molar-refractivity contribution is -0.116. The van der Waals surface area contributed by atoms with Crippen molar-refractivity contribution in [2.75, 3.05) is 10.2 Å². The lowest BCUT2D eigenvalue weighted by atomic mass is 9.85. The minimum absolute atomic E-state index is 0.0356. The van der Waals surface area contributed by atoms with Crippen LogP contribution in [0.15, 0.2) is 84.1 Å². The lowest BCUT2D eigenvalue weighted by Gasteiger charge is -2.34. The predicted octanol–water partition coefficient (Wildman–Crippen LogP) is 6.81. The number of para-hydroxylation sites is 2. The maximum Gasteiger partial charge on any atom is 0.259 e. The fraction of sp³-hybridized carbons (Fsp3) is 0.154. The number of ketones is 1. The monoisotopic (exact) mass is 462 g/mol. The van der Waals surface area contributed by atoms with Gasteiger partial charge in [-0.3, -0.25) is 14.5 Å². The number of rotatable bonds is 2. The Kier molecular flexibility index (Phi) is 5.50. The van der Waals surface area contributed by atoms with E-state index < -0.39 is 6.04 Å². The van der Waals surface area contributed by atoms with Crippen LogP contribution in [0.3, 0.4) is 0 Å². The summed E-state index contributed by atoms with van der Waals surface area (Å²) in [6.45, 7) is 0. The summed E-state index contributed by atoms with van der Waals surface area (Å²) < 4.78 is 0. The fourth-order valence-electron chi connectivity index (χ4n) is 4.48. The zero-order valence-corrected chi connectivity index (χ0v) is 18.7. The van der Waals surface area contributed by atoms with Gasteiger partial charge in [0, 0.05) is 23.3 Å². The van der Waals surface area contributed by atoms with E-state index in [0.717, 1.165) is 29.8 Å². The van der Waals surface area contributed by atoms with E-state index in [1.807, 2.05) is 48.5 Å². The number of carbonyl (C=O) groups excluding carboxylic acids is 2. The molecular formula is C26H20Cl2N2O2. The molecule has 5 rings (SSSR count). The van der Waals surface area contributed by atoms with Crippen LogP contribution in [0, 0.1) is 0 Å². The van der Waals surface area contributed by atoms with Crippen LogP contribution in [0.2, 0.25) is 10.0 Å². The van der Waals surface area contributed by atoms with Crippen LogP contribution < -0.4 is 10.2 Å². The molecule has 1 heterocycles. The Morgan fingerprint density at radius 2 is 1.66 bits per heavy atom. The molecular weight excluding hydrogens is 443 g/mol. The van der Waals surface area contributed by atoms with Crippen LogP contribution in [0.1, 0.15) is 41.2 Å². The number of anilines is 2. The first-order valence-electron chi connectivity index (χ1n) is 10.5. The highest BCUT2D eigenvalue weighted by atomic mass is 35.5. The molecule has 0 bridgehead atoms. The van der Waals surface area contributed by atoms with Crippen molar-refractivity contribution in [3.05, 3.63) is 105 Å². The van der Waals surface area contributed by atoms with Crippen molar-refractivity contribution in [2.24, 2.45) is 0 Å². The third kappa shape index (κ3) is 3.60. The standard InChI is InChI=1S/C26H20Cl2N2O2/c27-18-14-13-17(15-19(18)28)25-24-21(10-6-12-23(24)31)29-20-9-4-5-11-22(20)30(25)26(32)16-7-2-1-3-8-16/h1-5,7-9,11,13-15,25,29H,6,10,12H2/t25-/m1/s1. The van der Waals surface area contributed by atoms with Gasteiger partial charge in [-0.15, -0.1) is 0 Å². The highest BCUT2D eigenvalue weighted by molar-refractivity contribution is 6.42. The highest BCUT2D eigenvalue weighted by Crippen LogP contribution is 2.46. The topological polar surface area (TPSA) is 49.4 Å². The predicted molar refractivity (Wildman–Crippen MR) is 128 cm³/mol. The van der Waals surface area contributed by atoms with Crippen molar-refractivity contribution in [1.82, 2.24) is 0 Å². The Morgan fingerprint density at radius 1 is 0.906 bits per heavy atom. The van der Waals surface area contributed by atoms with Gasteiger partial charge in [-0.2, -0.15) is 0 Å². The number of nitrogens with zero attached hydrogens (tertiary/aromatic N) is 1. The van der Waals surface area contributed by atoms with Gasteiger partial charge in [0.2, 0.25) is 0 Å². The van der Waals surface area contributed by atoms with Crippen molar-refractivity contribution >= 4 is 46.3 Å². The van der Waals surface area contributed by atoms with E-state index >= 15 is 0 Å². The molecule has 1 amide bonds. The summed E-state index contributed by atoms with van der Waals surface area (Å²) in [5.74, 6) is -0.156. The molecule has 6 heteroatoms. The Hall–Kier alpha value is -3.08. The molecule has 0 spiro atoms. The molecule has 0 saturated carbocycles. The van der Waals surface area contributed by atoms with E-state index in [-0.39, 0.29) is 11.7 Å². The zero-order valence-electron chi connectivity index (χ0n) is 17.1. The second-order valence-electron chi connectivity index (χ2n) is 7.93. The molecule has 0 aromatic heterocycles. The van der Waals surface area contributed by atoms with Crippen LogP contribution in [0.5, 0.6) is 0 Å². The van der Waals surface area contributed by atoms with Crippen LogP contribution >= 0.6 is 23.2 Å². The number of hydrogen-bond donors (Lipinski definition) is 1. The number of halogens is 2. The summed E-state index contributed by atoms with van der Waals surface area (Å²) in [6, 6.07) is 21.4. The maximum absolute atomic E-state index is 13.9. The van der Waals surface area contributed by atoms with Gasteiger partial charge >= 0.3 is 0 Å². The third-order valence-electron chi connectivity index (χ3n) is 5.94. The Labute approximate surface area is 196 Å². The molecule has 0 radical (unpaired) electrons. The second kappa shape index (κ2) is 8.45. The smallest absolute Gasteiger partial charge is 0.259 e. The number of amides is 1. The molecule has 0 unspecified atom stereocenters. The normalized spacial score (nSPS) is 17.9. The summed E-state index contributed by atoms with van der Waals surface area (Å²) in [5.41, 5.74) is 4.24. The van der Waals surface area contributed by atoms with Crippen molar-refractivity contribution in [3.8, 4) is 0 Å². The minimum atomic E-state index is -0.628. The van der Waals surface area contributed by atoms with E-state index in [2.05, 4.69) is 5.32 Å². The van der Waals surface area contributed by atoms with Gasteiger partial charge in [-0.1, -0.05) is 59.6 Å². The number of allylic oxidation sites excluding steroid dienone is 1. The van der Waals surface area contributed by atoms with Crippen LogP contribution in [-0.4, -0.2) is 11.7 Å². The molecule has 1 aliphatic heterocycles. The molecule has 1 N–H and O–H groups in total. The number of Topliss-reactive ketones (excluding diaryl/α,β-unsaturated/α-hetero) is 1. The number of hydrogen-bond acceptors (Lipinski definition) is 3. The van der Waals surface area contributed by atoms with Crippen LogP contribution in [0.25, 0.3) is 0 Å². The quantitative estimate of drug-likeness (QED) is 0.454. The molecule has 2 aliphatic rings. The SMILES string of the molecule is O=C1CCCC2=C1[C@@H](c1ccc(Cl)c(Cl)c1)N(C(=O)c1ccccc1)c1ccccc1N2. The lowest BCUT2D eigenvalue weighted by Crippen LogP contribution is -2.38. The average molecular weight is 463 g/mol. The molecule has 3 aromatic carbocycles. The van der Waals surface area contributed by atoms with E-state index in [0.29, 0.717) is 33.3 Å². The number of carbonyl (C=O) groups is 2. The average Bonchev–Trinajstić information content (AvgIpc) is 2.96. The Balaban J connectivity index is 1.80. The van der Waals surface area contributed by atoms with Crippen LogP contribution in [0.4, 0.5) is 11.4 Å². The Bertz CT molecular complexity index is 1250. The fourth-order valence-corrected chi connectivity index (χ4v) is 4.78. The molecule has 3 aromatic rings. The first-order valence-corrected chi connectivity index (χ1v) is 11.3. The molecule has 1 aliphatic carbocycles. The summed E-state index contributed by atoms with van der Waals surface area (Å²) >= 11 is 12.6. The summed E-state index contributed by atoms with van der Waals surface area (Å²) in [4.78, 5) is 28.9. The molecule has 32 heavy (non-hydrogen) atoms. The Morgan fingerprint density at radius 3 is 2.44 bits per heavy atom. The second-order valence-corrected chi connectivity index (χ2v) is 8.74.